The summed E-state index contributed by atoms with van der Waals surface area (Å²) in [6.07, 6.45) is -2.04. The number of ether oxygens (including phenoxy) is 5. The second-order valence-corrected chi connectivity index (χ2v) is 10.3. The summed E-state index contributed by atoms with van der Waals surface area (Å²) in [4.78, 5) is 38.7. The first-order chi connectivity index (χ1) is 17.3. The molecule has 0 aromatic heterocycles. The minimum Gasteiger partial charge on any atom is -0.492 e. The number of carbonyl (C=O) groups is 3. The summed E-state index contributed by atoms with van der Waals surface area (Å²) in [5, 5.41) is 13.7. The fourth-order valence-corrected chi connectivity index (χ4v) is 4.20. The van der Waals surface area contributed by atoms with E-state index in [-0.39, 0.29) is 26.1 Å². The molecule has 0 aliphatic carbocycles. The van der Waals surface area contributed by atoms with E-state index in [0.717, 1.165) is 0 Å². The number of hydrogen-bond donors (Lipinski definition) is 2. The molecule has 0 fully saturated rings. The molecule has 0 spiro atoms. The predicted molar refractivity (Wildman–Crippen MR) is 141 cm³/mol. The molecular weight excluding hydrogens is 574 g/mol. The summed E-state index contributed by atoms with van der Waals surface area (Å²) in [6.45, 7) is 8.80. The van der Waals surface area contributed by atoms with Crippen molar-refractivity contribution in [2.45, 2.75) is 71.1 Å². The number of esters is 2. The van der Waals surface area contributed by atoms with Crippen molar-refractivity contribution in [1.29, 1.82) is 0 Å². The largest absolute Gasteiger partial charge is 0.492 e. The van der Waals surface area contributed by atoms with Gasteiger partial charge in [0.15, 0.2) is 0 Å². The Balaban J connectivity index is 3.27. The quantitative estimate of drug-likeness (QED) is 0.133. The highest BCUT2D eigenvalue weighted by Crippen LogP contribution is 2.37. The maximum atomic E-state index is 13.0. The maximum absolute atomic E-state index is 13.0. The standard InChI is InChI=1S/C25H37BrClNO9/c1-7-34-21(30)25(22(31)35-8-2,28-23(32)37-24(3,4)5)11-10-19(29)16-14-20(18(27)15-17(16)26)36-13-9-12-33-6/h14-15,19,29H,7-13H2,1-6H3,(H,28,32)/t19-/m0/s1. The van der Waals surface area contributed by atoms with Gasteiger partial charge in [0.05, 0.1) is 30.9 Å². The van der Waals surface area contributed by atoms with E-state index >= 15 is 0 Å². The van der Waals surface area contributed by atoms with Gasteiger partial charge < -0.3 is 28.8 Å². The Morgan fingerprint density at radius 2 is 1.68 bits per heavy atom. The molecule has 210 valence electrons. The minimum atomic E-state index is -2.24. The third kappa shape index (κ3) is 10.3. The Morgan fingerprint density at radius 3 is 2.19 bits per heavy atom. The third-order valence-corrected chi connectivity index (χ3v) is 5.90. The average molecular weight is 611 g/mol. The van der Waals surface area contributed by atoms with Gasteiger partial charge in [0.1, 0.15) is 11.4 Å². The van der Waals surface area contributed by atoms with Gasteiger partial charge in [-0.3, -0.25) is 5.32 Å². The zero-order valence-corrected chi connectivity index (χ0v) is 24.5. The first kappa shape index (κ1) is 32.9. The number of halogens is 2. The van der Waals surface area contributed by atoms with Crippen LogP contribution in [0.25, 0.3) is 0 Å². The van der Waals surface area contributed by atoms with Crippen LogP contribution in [0.4, 0.5) is 4.79 Å². The Hall–Kier alpha value is -2.08. The highest BCUT2D eigenvalue weighted by molar-refractivity contribution is 9.10. The van der Waals surface area contributed by atoms with Gasteiger partial charge in [0, 0.05) is 24.6 Å². The van der Waals surface area contributed by atoms with Gasteiger partial charge in [-0.1, -0.05) is 27.5 Å². The van der Waals surface area contributed by atoms with Crippen LogP contribution in [-0.4, -0.2) is 67.8 Å². The van der Waals surface area contributed by atoms with Crippen LogP contribution in [0.2, 0.25) is 5.02 Å². The summed E-state index contributed by atoms with van der Waals surface area (Å²) >= 11 is 9.66. The van der Waals surface area contributed by atoms with Gasteiger partial charge >= 0.3 is 18.0 Å². The lowest BCUT2D eigenvalue weighted by atomic mass is 9.90. The lowest BCUT2D eigenvalue weighted by Crippen LogP contribution is -2.62. The van der Waals surface area contributed by atoms with Crippen LogP contribution in [-0.2, 0) is 28.5 Å². The topological polar surface area (TPSA) is 130 Å². The molecule has 0 aliphatic rings. The van der Waals surface area contributed by atoms with Crippen LogP contribution in [0.1, 0.15) is 65.5 Å². The van der Waals surface area contributed by atoms with Gasteiger partial charge in [0.25, 0.3) is 0 Å². The molecule has 1 atom stereocenters. The fourth-order valence-electron chi connectivity index (χ4n) is 3.24. The van der Waals surface area contributed by atoms with Gasteiger partial charge in [0.2, 0.25) is 5.54 Å². The van der Waals surface area contributed by atoms with Crippen molar-refractivity contribution in [3.05, 3.63) is 27.2 Å². The van der Waals surface area contributed by atoms with E-state index in [1.807, 2.05) is 0 Å². The summed E-state index contributed by atoms with van der Waals surface area (Å²) < 4.78 is 26.7. The van der Waals surface area contributed by atoms with Crippen LogP contribution >= 0.6 is 27.5 Å². The van der Waals surface area contributed by atoms with E-state index in [1.165, 1.54) is 0 Å². The zero-order valence-electron chi connectivity index (χ0n) is 22.2. The Kier molecular flexibility index (Phi) is 13.7. The van der Waals surface area contributed by atoms with Crippen LogP contribution in [0, 0.1) is 0 Å². The van der Waals surface area contributed by atoms with Crippen LogP contribution in [0.15, 0.2) is 16.6 Å². The number of hydrogen-bond acceptors (Lipinski definition) is 9. The molecule has 1 aromatic rings. The number of carbonyl (C=O) groups excluding carboxylic acids is 3. The van der Waals surface area contributed by atoms with Gasteiger partial charge in [-0.25, -0.2) is 14.4 Å². The van der Waals surface area contributed by atoms with E-state index < -0.39 is 35.3 Å². The predicted octanol–water partition coefficient (Wildman–Crippen LogP) is 4.72. The second-order valence-electron chi connectivity index (χ2n) is 9.03. The number of aliphatic hydroxyl groups is 1. The van der Waals surface area contributed by atoms with Crippen molar-refractivity contribution < 1.29 is 43.2 Å². The fraction of sp³-hybridized carbons (Fsp3) is 0.640. The Morgan fingerprint density at radius 1 is 1.08 bits per heavy atom. The van der Waals surface area contributed by atoms with E-state index in [4.69, 9.17) is 35.3 Å². The number of aliphatic hydroxyl groups excluding tert-OH is 1. The Labute approximate surface area is 231 Å². The number of amides is 1. The molecule has 0 radical (unpaired) electrons. The SMILES string of the molecule is CCOC(=O)C(CC[C@H](O)c1cc(OCCCOC)c(Cl)cc1Br)(NC(=O)OC(C)(C)C)C(=O)OCC. The summed E-state index contributed by atoms with van der Waals surface area (Å²) in [6, 6.07) is 3.15. The zero-order chi connectivity index (χ0) is 28.2. The highest BCUT2D eigenvalue weighted by Gasteiger charge is 2.51. The summed E-state index contributed by atoms with van der Waals surface area (Å²) in [7, 11) is 1.59. The lowest BCUT2D eigenvalue weighted by Gasteiger charge is -2.32. The van der Waals surface area contributed by atoms with Crippen LogP contribution < -0.4 is 10.1 Å². The van der Waals surface area contributed by atoms with Crippen molar-refractivity contribution in [2.24, 2.45) is 0 Å². The van der Waals surface area contributed by atoms with E-state index in [1.54, 1.807) is 53.9 Å². The van der Waals surface area contributed by atoms with E-state index in [0.29, 0.717) is 40.4 Å². The lowest BCUT2D eigenvalue weighted by molar-refractivity contribution is -0.167. The van der Waals surface area contributed by atoms with Crippen molar-refractivity contribution in [3.63, 3.8) is 0 Å². The molecule has 0 saturated heterocycles. The summed E-state index contributed by atoms with van der Waals surface area (Å²) in [5.74, 6) is -1.70. The van der Waals surface area contributed by atoms with Crippen LogP contribution in [0.3, 0.4) is 0 Å². The number of benzene rings is 1. The second kappa shape index (κ2) is 15.4. The normalized spacial score (nSPS) is 12.5. The molecule has 0 heterocycles. The monoisotopic (exact) mass is 609 g/mol. The number of rotatable bonds is 14. The Bertz CT molecular complexity index is 902. The number of nitrogens with one attached hydrogen (secondary N) is 1. The molecule has 10 nitrogen and oxygen atoms in total. The molecule has 1 amide bonds. The minimum absolute atomic E-state index is 0.0506. The van der Waals surface area contributed by atoms with Crippen molar-refractivity contribution in [1.82, 2.24) is 5.32 Å². The first-order valence-electron chi connectivity index (χ1n) is 12.0. The molecule has 2 N–H and O–H groups in total. The van der Waals surface area contributed by atoms with Gasteiger partial charge in [-0.05, 0) is 65.2 Å². The molecule has 0 bridgehead atoms. The number of methoxy groups -OCH3 is 1. The van der Waals surface area contributed by atoms with Crippen molar-refractivity contribution in [2.75, 3.05) is 33.5 Å². The molecule has 0 aliphatic heterocycles. The van der Waals surface area contributed by atoms with Gasteiger partial charge in [-0.2, -0.15) is 0 Å². The van der Waals surface area contributed by atoms with Gasteiger partial charge in [-0.15, -0.1) is 0 Å². The highest BCUT2D eigenvalue weighted by atomic mass is 79.9. The van der Waals surface area contributed by atoms with E-state index in [2.05, 4.69) is 21.2 Å². The first-order valence-corrected chi connectivity index (χ1v) is 13.1. The molecule has 12 heteroatoms. The van der Waals surface area contributed by atoms with Crippen molar-refractivity contribution in [3.8, 4) is 5.75 Å². The van der Waals surface area contributed by atoms with Crippen molar-refractivity contribution >= 4 is 45.6 Å². The molecule has 0 saturated carbocycles. The molecule has 1 aromatic carbocycles. The molecule has 37 heavy (non-hydrogen) atoms. The maximum Gasteiger partial charge on any atom is 0.409 e. The third-order valence-electron chi connectivity index (χ3n) is 4.92. The molecule has 1 rings (SSSR count). The molecular formula is C25H37BrClNO9. The average Bonchev–Trinajstić information content (AvgIpc) is 2.79. The molecule has 0 unspecified atom stereocenters. The number of alkyl carbamates (subject to hydrolysis) is 1. The smallest absolute Gasteiger partial charge is 0.409 e. The summed E-state index contributed by atoms with van der Waals surface area (Å²) in [5.41, 5.74) is -2.73. The van der Waals surface area contributed by atoms with E-state index in [9.17, 15) is 19.5 Å². The van der Waals surface area contributed by atoms with Crippen LogP contribution in [0.5, 0.6) is 5.75 Å².